The summed E-state index contributed by atoms with van der Waals surface area (Å²) < 4.78 is 0. The molecule has 0 aliphatic carbocycles. The van der Waals surface area contributed by atoms with Gasteiger partial charge in [0.2, 0.25) is 0 Å². The zero-order chi connectivity index (χ0) is 14.1. The normalized spacial score (nSPS) is 10.8. The summed E-state index contributed by atoms with van der Waals surface area (Å²) in [7, 11) is 1.98. The third-order valence-corrected chi connectivity index (χ3v) is 3.86. The van der Waals surface area contributed by atoms with Gasteiger partial charge in [0, 0.05) is 18.3 Å². The lowest BCUT2D eigenvalue weighted by atomic mass is 9.92. The molecule has 0 amide bonds. The highest BCUT2D eigenvalue weighted by molar-refractivity contribution is 6.03. The average Bonchev–Trinajstić information content (AvgIpc) is 2.48. The van der Waals surface area contributed by atoms with Gasteiger partial charge in [0.15, 0.2) is 0 Å². The van der Waals surface area contributed by atoms with Crippen LogP contribution in [-0.2, 0) is 0 Å². The average molecular weight is 261 g/mol. The van der Waals surface area contributed by atoms with Gasteiger partial charge in [-0.15, -0.1) is 0 Å². The zero-order valence-corrected chi connectivity index (χ0v) is 12.2. The zero-order valence-electron chi connectivity index (χ0n) is 12.2. The Hall–Kier alpha value is -2.28. The second-order valence-electron chi connectivity index (χ2n) is 5.28. The molecule has 0 saturated heterocycles. The van der Waals surface area contributed by atoms with Crippen LogP contribution in [0.3, 0.4) is 0 Å². The summed E-state index contributed by atoms with van der Waals surface area (Å²) in [6.45, 7) is 4.32. The van der Waals surface area contributed by atoms with E-state index in [0.29, 0.717) is 0 Å². The number of fused-ring (bicyclic) bond motifs is 1. The van der Waals surface area contributed by atoms with Crippen LogP contribution in [0.15, 0.2) is 54.6 Å². The molecule has 0 saturated carbocycles. The predicted molar refractivity (Wildman–Crippen MR) is 88.4 cm³/mol. The van der Waals surface area contributed by atoms with Gasteiger partial charge in [0.25, 0.3) is 0 Å². The molecule has 0 unspecified atom stereocenters. The lowest BCUT2D eigenvalue weighted by Crippen LogP contribution is -1.95. The molecule has 3 rings (SSSR count). The second-order valence-corrected chi connectivity index (χ2v) is 5.28. The molecular weight excluding hydrogens is 242 g/mol. The molecule has 0 aliphatic heterocycles. The van der Waals surface area contributed by atoms with E-state index in [0.717, 1.165) is 0 Å². The van der Waals surface area contributed by atoms with Crippen LogP contribution < -0.4 is 5.32 Å². The van der Waals surface area contributed by atoms with Crippen molar-refractivity contribution in [2.24, 2.45) is 0 Å². The Kier molecular flexibility index (Phi) is 3.19. The number of benzene rings is 3. The van der Waals surface area contributed by atoms with E-state index < -0.39 is 0 Å². The molecule has 0 radical (unpaired) electrons. The van der Waals surface area contributed by atoms with E-state index in [4.69, 9.17) is 0 Å². The first-order chi connectivity index (χ1) is 9.70. The molecule has 3 aromatic carbocycles. The summed E-state index contributed by atoms with van der Waals surface area (Å²) in [5.41, 5.74) is 6.39. The van der Waals surface area contributed by atoms with Crippen molar-refractivity contribution in [2.45, 2.75) is 13.8 Å². The number of hydrogen-bond acceptors (Lipinski definition) is 1. The highest BCUT2D eigenvalue weighted by atomic mass is 14.8. The monoisotopic (exact) mass is 261 g/mol. The van der Waals surface area contributed by atoms with E-state index in [-0.39, 0.29) is 0 Å². The van der Waals surface area contributed by atoms with Crippen LogP contribution in [0, 0.1) is 13.8 Å². The molecule has 1 heteroatoms. The van der Waals surface area contributed by atoms with E-state index in [1.54, 1.807) is 0 Å². The van der Waals surface area contributed by atoms with Crippen LogP contribution in [0.4, 0.5) is 5.69 Å². The number of hydrogen-bond donors (Lipinski definition) is 1. The van der Waals surface area contributed by atoms with E-state index in [2.05, 4.69) is 73.8 Å². The maximum atomic E-state index is 3.33. The smallest absolute Gasteiger partial charge is 0.0423 e. The van der Waals surface area contributed by atoms with Crippen LogP contribution in [0.2, 0.25) is 0 Å². The van der Waals surface area contributed by atoms with Gasteiger partial charge in [-0.3, -0.25) is 0 Å². The van der Waals surface area contributed by atoms with Crippen LogP contribution >= 0.6 is 0 Å². The first-order valence-electron chi connectivity index (χ1n) is 6.98. The topological polar surface area (TPSA) is 12.0 Å². The highest BCUT2D eigenvalue weighted by Gasteiger charge is 2.11. The van der Waals surface area contributed by atoms with Gasteiger partial charge < -0.3 is 5.32 Å². The summed E-state index contributed by atoms with van der Waals surface area (Å²) in [6.07, 6.45) is 0. The molecule has 0 atom stereocenters. The molecule has 20 heavy (non-hydrogen) atoms. The SMILES string of the molecule is CNc1ccc2ccccc2c1-c1cc(C)ccc1C. The Balaban J connectivity index is 2.41. The quantitative estimate of drug-likeness (QED) is 0.671. The molecule has 3 aromatic rings. The Bertz CT molecular complexity index is 772. The van der Waals surface area contributed by atoms with Crippen molar-refractivity contribution >= 4 is 16.5 Å². The van der Waals surface area contributed by atoms with E-state index >= 15 is 0 Å². The van der Waals surface area contributed by atoms with Gasteiger partial charge in [-0.2, -0.15) is 0 Å². The minimum absolute atomic E-state index is 1.18. The standard InChI is InChI=1S/C19H19N/c1-13-8-9-14(2)17(12-13)19-16-7-5-4-6-15(16)10-11-18(19)20-3/h4-12,20H,1-3H3. The van der Waals surface area contributed by atoms with Crippen LogP contribution in [0.1, 0.15) is 11.1 Å². The Labute approximate surface area is 120 Å². The first-order valence-corrected chi connectivity index (χ1v) is 6.98. The largest absolute Gasteiger partial charge is 0.388 e. The molecule has 1 nitrogen and oxygen atoms in total. The number of rotatable bonds is 2. The summed E-state index contributed by atoms with van der Waals surface area (Å²) in [6, 6.07) is 19.6. The van der Waals surface area contributed by atoms with E-state index in [1.165, 1.54) is 38.7 Å². The Morgan fingerprint density at radius 2 is 1.65 bits per heavy atom. The lowest BCUT2D eigenvalue weighted by molar-refractivity contribution is 1.39. The number of anilines is 1. The Morgan fingerprint density at radius 3 is 2.45 bits per heavy atom. The van der Waals surface area contributed by atoms with Crippen molar-refractivity contribution in [2.75, 3.05) is 12.4 Å². The molecule has 0 aliphatic rings. The summed E-state index contributed by atoms with van der Waals surface area (Å²) in [5, 5.41) is 5.91. The maximum Gasteiger partial charge on any atom is 0.0423 e. The van der Waals surface area contributed by atoms with Crippen LogP contribution in [0.25, 0.3) is 21.9 Å². The second kappa shape index (κ2) is 5.01. The first kappa shape index (κ1) is 12.7. The highest BCUT2D eigenvalue weighted by Crippen LogP contribution is 2.37. The van der Waals surface area contributed by atoms with Gasteiger partial charge in [-0.25, -0.2) is 0 Å². The van der Waals surface area contributed by atoms with Gasteiger partial charge in [-0.1, -0.05) is 54.1 Å². The molecular formula is C19H19N. The van der Waals surface area contributed by atoms with E-state index in [9.17, 15) is 0 Å². The number of nitrogens with one attached hydrogen (secondary N) is 1. The predicted octanol–water partition coefficient (Wildman–Crippen LogP) is 5.17. The molecule has 100 valence electrons. The maximum absolute atomic E-state index is 3.33. The van der Waals surface area contributed by atoms with Crippen molar-refractivity contribution < 1.29 is 0 Å². The molecule has 0 bridgehead atoms. The molecule has 0 fully saturated rings. The van der Waals surface area contributed by atoms with Gasteiger partial charge in [-0.05, 0) is 41.8 Å². The fourth-order valence-corrected chi connectivity index (χ4v) is 2.78. The third kappa shape index (κ3) is 2.05. The van der Waals surface area contributed by atoms with Gasteiger partial charge in [0.05, 0.1) is 0 Å². The minimum atomic E-state index is 1.18. The van der Waals surface area contributed by atoms with Crippen molar-refractivity contribution in [3.8, 4) is 11.1 Å². The van der Waals surface area contributed by atoms with Crippen LogP contribution in [0.5, 0.6) is 0 Å². The fourth-order valence-electron chi connectivity index (χ4n) is 2.78. The lowest BCUT2D eigenvalue weighted by Gasteiger charge is -2.15. The van der Waals surface area contributed by atoms with E-state index in [1.807, 2.05) is 7.05 Å². The summed E-state index contributed by atoms with van der Waals surface area (Å²) >= 11 is 0. The minimum Gasteiger partial charge on any atom is -0.388 e. The van der Waals surface area contributed by atoms with Crippen molar-refractivity contribution in [3.63, 3.8) is 0 Å². The van der Waals surface area contributed by atoms with Crippen molar-refractivity contribution in [3.05, 3.63) is 65.7 Å². The number of aryl methyl sites for hydroxylation is 2. The van der Waals surface area contributed by atoms with Crippen molar-refractivity contribution in [1.82, 2.24) is 0 Å². The van der Waals surface area contributed by atoms with Crippen molar-refractivity contribution in [1.29, 1.82) is 0 Å². The molecule has 0 spiro atoms. The van der Waals surface area contributed by atoms with Gasteiger partial charge >= 0.3 is 0 Å². The van der Waals surface area contributed by atoms with Gasteiger partial charge in [0.1, 0.15) is 0 Å². The van der Waals surface area contributed by atoms with Crippen LogP contribution in [-0.4, -0.2) is 7.05 Å². The third-order valence-electron chi connectivity index (χ3n) is 3.86. The summed E-state index contributed by atoms with van der Waals surface area (Å²) in [5.74, 6) is 0. The molecule has 0 heterocycles. The summed E-state index contributed by atoms with van der Waals surface area (Å²) in [4.78, 5) is 0. The Morgan fingerprint density at radius 1 is 0.850 bits per heavy atom. The molecule has 1 N–H and O–H groups in total. The molecule has 0 aromatic heterocycles. The fraction of sp³-hybridized carbons (Fsp3) is 0.158.